The molecule has 8 heteroatoms. The molecule has 1 saturated heterocycles. The zero-order valence-corrected chi connectivity index (χ0v) is 17.1. The lowest BCUT2D eigenvalue weighted by molar-refractivity contribution is -0.122. The first kappa shape index (κ1) is 20.3. The number of ether oxygens (including phenoxy) is 2. The van der Waals surface area contributed by atoms with Gasteiger partial charge in [0, 0.05) is 18.7 Å². The average molecular weight is 418 g/mol. The first-order valence-electron chi connectivity index (χ1n) is 8.65. The Bertz CT molecular complexity index is 917. The van der Waals surface area contributed by atoms with E-state index in [2.05, 4.69) is 0 Å². The van der Waals surface area contributed by atoms with Crippen LogP contribution in [0.5, 0.6) is 0 Å². The number of amides is 1. The number of hydrogen-bond donors (Lipinski definition) is 0. The van der Waals surface area contributed by atoms with Crippen LogP contribution in [-0.2, 0) is 14.3 Å². The van der Waals surface area contributed by atoms with Crippen molar-refractivity contribution >= 4 is 46.3 Å². The lowest BCUT2D eigenvalue weighted by Crippen LogP contribution is -2.31. The molecule has 0 unspecified atom stereocenters. The first-order chi connectivity index (χ1) is 13.5. The number of nitrogens with zero attached hydrogens (tertiary/aromatic N) is 1. The molecule has 1 fully saturated rings. The maximum absolute atomic E-state index is 12.5. The zero-order valence-electron chi connectivity index (χ0n) is 15.5. The summed E-state index contributed by atoms with van der Waals surface area (Å²) in [5.74, 6) is 0.682. The number of esters is 1. The number of thioether (sulfide) groups is 1. The predicted octanol–water partition coefficient (Wildman–Crippen LogP) is 3.97. The fourth-order valence-electron chi connectivity index (χ4n) is 2.58. The third-order valence-corrected chi connectivity index (χ3v) is 5.35. The van der Waals surface area contributed by atoms with Gasteiger partial charge in [-0.25, -0.2) is 4.79 Å². The van der Waals surface area contributed by atoms with Crippen LogP contribution in [0, 0.1) is 0 Å². The van der Waals surface area contributed by atoms with E-state index in [1.54, 1.807) is 50.4 Å². The molecule has 1 aromatic heterocycles. The molecule has 0 atom stereocenters. The second-order valence-corrected chi connectivity index (χ2v) is 7.50. The molecular weight excluding hydrogens is 398 g/mol. The molecule has 1 amide bonds. The van der Waals surface area contributed by atoms with Crippen molar-refractivity contribution < 1.29 is 23.5 Å². The minimum absolute atomic E-state index is 0.149. The van der Waals surface area contributed by atoms with E-state index in [1.807, 2.05) is 6.07 Å². The van der Waals surface area contributed by atoms with Crippen molar-refractivity contribution in [2.75, 3.05) is 26.9 Å². The molecule has 28 heavy (non-hydrogen) atoms. The summed E-state index contributed by atoms with van der Waals surface area (Å²) in [7, 11) is 1.58. The summed E-state index contributed by atoms with van der Waals surface area (Å²) in [5, 5.41) is 0. The molecule has 2 aromatic rings. The van der Waals surface area contributed by atoms with Crippen LogP contribution >= 0.6 is 24.0 Å². The zero-order chi connectivity index (χ0) is 20.1. The van der Waals surface area contributed by atoms with Crippen molar-refractivity contribution in [3.8, 4) is 11.3 Å². The third kappa shape index (κ3) is 4.52. The fraction of sp³-hybridized carbons (Fsp3) is 0.250. The standard InChI is InChI=1S/C20H19NO5S2/c1-3-25-19(23)14-6-4-13(5-7-14)16-9-8-15(26-16)12-17-18(22)21(10-11-24-2)20(27)28-17/h4-9,12H,3,10-11H2,1-2H3. The van der Waals surface area contributed by atoms with Crippen LogP contribution in [0.2, 0.25) is 0 Å². The fourth-order valence-corrected chi connectivity index (χ4v) is 3.86. The van der Waals surface area contributed by atoms with Crippen molar-refractivity contribution in [1.29, 1.82) is 0 Å². The number of thiocarbonyl (C=S) groups is 1. The number of carbonyl (C=O) groups is 2. The van der Waals surface area contributed by atoms with Crippen LogP contribution in [0.4, 0.5) is 0 Å². The second-order valence-electron chi connectivity index (χ2n) is 5.83. The number of rotatable bonds is 7. The number of methoxy groups -OCH3 is 1. The van der Waals surface area contributed by atoms with Gasteiger partial charge in [0.1, 0.15) is 15.8 Å². The highest BCUT2D eigenvalue weighted by Gasteiger charge is 2.31. The third-order valence-electron chi connectivity index (χ3n) is 3.97. The van der Waals surface area contributed by atoms with Crippen molar-refractivity contribution in [3.05, 3.63) is 52.6 Å². The number of furan rings is 1. The van der Waals surface area contributed by atoms with Crippen LogP contribution < -0.4 is 0 Å². The van der Waals surface area contributed by atoms with E-state index in [0.717, 1.165) is 5.56 Å². The molecule has 0 aliphatic carbocycles. The summed E-state index contributed by atoms with van der Waals surface area (Å²) in [5.41, 5.74) is 1.30. The summed E-state index contributed by atoms with van der Waals surface area (Å²) >= 11 is 6.51. The Morgan fingerprint density at radius 3 is 2.68 bits per heavy atom. The highest BCUT2D eigenvalue weighted by Crippen LogP contribution is 2.33. The van der Waals surface area contributed by atoms with Gasteiger partial charge in [0.2, 0.25) is 0 Å². The number of benzene rings is 1. The highest BCUT2D eigenvalue weighted by atomic mass is 32.2. The highest BCUT2D eigenvalue weighted by molar-refractivity contribution is 8.26. The second kappa shape index (κ2) is 9.18. The van der Waals surface area contributed by atoms with Crippen LogP contribution in [0.3, 0.4) is 0 Å². The van der Waals surface area contributed by atoms with Gasteiger partial charge in [-0.05, 0) is 31.2 Å². The van der Waals surface area contributed by atoms with Crippen molar-refractivity contribution in [2.24, 2.45) is 0 Å². The topological polar surface area (TPSA) is 69.0 Å². The molecule has 1 aromatic carbocycles. The van der Waals surface area contributed by atoms with Gasteiger partial charge in [0.05, 0.1) is 30.2 Å². The summed E-state index contributed by atoms with van der Waals surface area (Å²) in [6.45, 7) is 2.95. The van der Waals surface area contributed by atoms with Crippen LogP contribution in [0.15, 0.2) is 45.7 Å². The monoisotopic (exact) mass is 417 g/mol. The van der Waals surface area contributed by atoms with E-state index in [-0.39, 0.29) is 11.9 Å². The largest absolute Gasteiger partial charge is 0.462 e. The van der Waals surface area contributed by atoms with Gasteiger partial charge in [-0.3, -0.25) is 9.69 Å². The summed E-state index contributed by atoms with van der Waals surface area (Å²) in [6, 6.07) is 10.6. The first-order valence-corrected chi connectivity index (χ1v) is 9.87. The molecule has 0 N–H and O–H groups in total. The summed E-state index contributed by atoms with van der Waals surface area (Å²) in [6.07, 6.45) is 1.68. The molecule has 0 bridgehead atoms. The minimum atomic E-state index is -0.357. The lowest BCUT2D eigenvalue weighted by atomic mass is 10.1. The number of carbonyl (C=O) groups excluding carboxylic acids is 2. The molecule has 6 nitrogen and oxygen atoms in total. The van der Waals surface area contributed by atoms with E-state index >= 15 is 0 Å². The van der Waals surface area contributed by atoms with E-state index in [9.17, 15) is 9.59 Å². The Morgan fingerprint density at radius 2 is 2.00 bits per heavy atom. The molecule has 0 radical (unpaired) electrons. The van der Waals surface area contributed by atoms with Gasteiger partial charge in [-0.15, -0.1) is 0 Å². The quantitative estimate of drug-likeness (QED) is 0.383. The predicted molar refractivity (Wildman–Crippen MR) is 112 cm³/mol. The van der Waals surface area contributed by atoms with E-state index < -0.39 is 0 Å². The smallest absolute Gasteiger partial charge is 0.338 e. The molecule has 3 rings (SSSR count). The lowest BCUT2D eigenvalue weighted by Gasteiger charge is -2.12. The summed E-state index contributed by atoms with van der Waals surface area (Å²) < 4.78 is 16.3. The van der Waals surface area contributed by atoms with Crippen molar-refractivity contribution in [3.63, 3.8) is 0 Å². The Morgan fingerprint density at radius 1 is 1.25 bits per heavy atom. The van der Waals surface area contributed by atoms with Crippen LogP contribution in [0.1, 0.15) is 23.0 Å². The Hall–Kier alpha value is -2.42. The minimum Gasteiger partial charge on any atom is -0.462 e. The number of hydrogen-bond acceptors (Lipinski definition) is 7. The Balaban J connectivity index is 1.74. The van der Waals surface area contributed by atoms with Crippen molar-refractivity contribution in [1.82, 2.24) is 4.90 Å². The Kier molecular flexibility index (Phi) is 6.66. The Labute approximate surface area is 172 Å². The molecule has 0 spiro atoms. The van der Waals surface area contributed by atoms with Crippen LogP contribution in [-0.4, -0.2) is 48.0 Å². The molecule has 1 aliphatic heterocycles. The normalized spacial score (nSPS) is 15.5. The van der Waals surface area contributed by atoms with E-state index in [1.165, 1.54) is 16.7 Å². The van der Waals surface area contributed by atoms with Gasteiger partial charge < -0.3 is 13.9 Å². The SMILES string of the molecule is CCOC(=O)c1ccc(-c2ccc(C=C3SC(=S)N(CCOC)C3=O)o2)cc1. The van der Waals surface area contributed by atoms with Gasteiger partial charge in [0.25, 0.3) is 5.91 Å². The average Bonchev–Trinajstić information content (AvgIpc) is 3.26. The summed E-state index contributed by atoms with van der Waals surface area (Å²) in [4.78, 5) is 26.2. The maximum atomic E-state index is 12.5. The molecular formula is C20H19NO5S2. The molecule has 146 valence electrons. The van der Waals surface area contributed by atoms with Crippen LogP contribution in [0.25, 0.3) is 17.4 Å². The van der Waals surface area contributed by atoms with Gasteiger partial charge >= 0.3 is 5.97 Å². The maximum Gasteiger partial charge on any atom is 0.338 e. The molecule has 1 aliphatic rings. The van der Waals surface area contributed by atoms with Gasteiger partial charge in [-0.2, -0.15) is 0 Å². The van der Waals surface area contributed by atoms with E-state index in [4.69, 9.17) is 26.1 Å². The molecule has 2 heterocycles. The van der Waals surface area contributed by atoms with Crippen molar-refractivity contribution in [2.45, 2.75) is 6.92 Å². The van der Waals surface area contributed by atoms with Gasteiger partial charge in [0.15, 0.2) is 0 Å². The molecule has 0 saturated carbocycles. The van der Waals surface area contributed by atoms with E-state index in [0.29, 0.717) is 46.1 Å². The van der Waals surface area contributed by atoms with Gasteiger partial charge in [-0.1, -0.05) is 36.1 Å².